The Morgan fingerprint density at radius 1 is 1.57 bits per heavy atom. The van der Waals surface area contributed by atoms with E-state index >= 15 is 0 Å². The molecule has 0 aromatic heterocycles. The van der Waals surface area contributed by atoms with Gasteiger partial charge in [0.25, 0.3) is 10.1 Å². The summed E-state index contributed by atoms with van der Waals surface area (Å²) in [6.45, 7) is -2.29. The van der Waals surface area contributed by atoms with Gasteiger partial charge in [-0.1, -0.05) is 17.7 Å². The van der Waals surface area contributed by atoms with Crippen LogP contribution in [-0.2, 0) is 16.5 Å². The molecular weight excluding hydrogens is 207 g/mol. The largest absolute Gasteiger partial charge is 0.294 e. The number of hydrogen-bond acceptors (Lipinski definition) is 2. The lowest BCUT2D eigenvalue weighted by atomic mass is 10.1. The average Bonchev–Trinajstić information content (AvgIpc) is 2.13. The lowest BCUT2D eigenvalue weighted by molar-refractivity contribution is 0.476. The smallest absolute Gasteiger partial charge is 0.282 e. The zero-order valence-electron chi connectivity index (χ0n) is 11.3. The van der Waals surface area contributed by atoms with E-state index in [2.05, 4.69) is 0 Å². The summed E-state index contributed by atoms with van der Waals surface area (Å²) in [4.78, 5) is -0.848. The molecule has 1 aromatic carbocycles. The molecule has 0 aliphatic rings. The summed E-state index contributed by atoms with van der Waals surface area (Å²) in [6, 6.07) is 3.18. The molecule has 0 aliphatic heterocycles. The van der Waals surface area contributed by atoms with Gasteiger partial charge in [-0.15, -0.1) is 0 Å². The molecule has 0 amide bonds. The van der Waals surface area contributed by atoms with Crippen LogP contribution in [0.5, 0.6) is 0 Å². The molecule has 1 N–H and O–H groups in total. The Balaban J connectivity index is 3.64. The SMILES string of the molecule is [2H]C([2H])(F)C([2H])([2H])c1cc(C)ccc1S(=O)(=O)O. The van der Waals surface area contributed by atoms with Gasteiger partial charge in [0.1, 0.15) is 0 Å². The van der Waals surface area contributed by atoms with Gasteiger partial charge in [-0.2, -0.15) is 8.42 Å². The van der Waals surface area contributed by atoms with Crippen LogP contribution < -0.4 is 0 Å². The molecule has 0 radical (unpaired) electrons. The molecule has 0 fully saturated rings. The summed E-state index contributed by atoms with van der Waals surface area (Å²) in [5.41, 5.74) is -0.344. The van der Waals surface area contributed by atoms with Crippen LogP contribution in [0.2, 0.25) is 0 Å². The molecule has 3 nitrogen and oxygen atoms in total. The molecule has 0 aliphatic carbocycles. The third-order valence-electron chi connectivity index (χ3n) is 1.59. The van der Waals surface area contributed by atoms with Crippen LogP contribution in [0, 0.1) is 6.92 Å². The fourth-order valence-electron chi connectivity index (χ4n) is 1.02. The maximum atomic E-state index is 13.2. The molecule has 0 spiro atoms. The van der Waals surface area contributed by atoms with E-state index in [1.807, 2.05) is 0 Å². The summed E-state index contributed by atoms with van der Waals surface area (Å²) >= 11 is 0. The van der Waals surface area contributed by atoms with Crippen molar-refractivity contribution in [1.29, 1.82) is 0 Å². The van der Waals surface area contributed by atoms with E-state index in [0.717, 1.165) is 12.1 Å². The Bertz CT molecular complexity index is 566. The summed E-state index contributed by atoms with van der Waals surface area (Å²) < 4.78 is 72.7. The monoisotopic (exact) mass is 222 g/mol. The van der Waals surface area contributed by atoms with Gasteiger partial charge in [0, 0.05) is 9.11 Å². The predicted molar refractivity (Wildman–Crippen MR) is 50.7 cm³/mol. The van der Waals surface area contributed by atoms with Crippen LogP contribution in [0.1, 0.15) is 16.6 Å². The van der Waals surface area contributed by atoms with E-state index in [1.54, 1.807) is 0 Å². The molecule has 14 heavy (non-hydrogen) atoms. The van der Waals surface area contributed by atoms with E-state index in [9.17, 15) is 12.8 Å². The second kappa shape index (κ2) is 4.06. The van der Waals surface area contributed by atoms with Crippen molar-refractivity contribution >= 4 is 10.1 Å². The minimum atomic E-state index is -4.77. The topological polar surface area (TPSA) is 54.4 Å². The summed E-state index contributed by atoms with van der Waals surface area (Å²) in [6.07, 6.45) is -3.20. The highest BCUT2D eigenvalue weighted by Gasteiger charge is 2.14. The Hall–Kier alpha value is -0.940. The van der Waals surface area contributed by atoms with Crippen molar-refractivity contribution in [3.8, 4) is 0 Å². The highest BCUT2D eigenvalue weighted by Crippen LogP contribution is 2.17. The zero-order chi connectivity index (χ0) is 14.4. The van der Waals surface area contributed by atoms with Gasteiger partial charge in [0.05, 0.1) is 14.3 Å². The van der Waals surface area contributed by atoms with E-state index in [0.29, 0.717) is 5.56 Å². The molecule has 0 saturated carbocycles. The van der Waals surface area contributed by atoms with Gasteiger partial charge in [0.2, 0.25) is 0 Å². The van der Waals surface area contributed by atoms with E-state index < -0.39 is 33.6 Å². The summed E-state index contributed by atoms with van der Waals surface area (Å²) in [5.74, 6) is 0. The van der Waals surface area contributed by atoms with Crippen LogP contribution in [0.3, 0.4) is 0 Å². The minimum Gasteiger partial charge on any atom is -0.282 e. The van der Waals surface area contributed by atoms with E-state index in [4.69, 9.17) is 10.0 Å². The molecule has 0 heterocycles. The summed E-state index contributed by atoms with van der Waals surface area (Å²) in [7, 11) is -4.77. The zero-order valence-corrected chi connectivity index (χ0v) is 8.10. The lowest BCUT2D eigenvalue weighted by Crippen LogP contribution is -2.04. The molecule has 0 atom stereocenters. The number of aryl methyl sites for hydroxylation is 2. The van der Waals surface area contributed by atoms with Crippen LogP contribution in [0.4, 0.5) is 4.39 Å². The van der Waals surface area contributed by atoms with Gasteiger partial charge in [-0.25, -0.2) is 0 Å². The number of alkyl halides is 1. The molecule has 1 aromatic rings. The molecule has 0 saturated heterocycles. The van der Waals surface area contributed by atoms with Crippen molar-refractivity contribution in [3.63, 3.8) is 0 Å². The van der Waals surface area contributed by atoms with Crippen LogP contribution >= 0.6 is 0 Å². The first-order valence-electron chi connectivity index (χ1n) is 5.65. The highest BCUT2D eigenvalue weighted by molar-refractivity contribution is 7.85. The Morgan fingerprint density at radius 2 is 2.21 bits per heavy atom. The fraction of sp³-hybridized carbons (Fsp3) is 0.333. The predicted octanol–water partition coefficient (Wildman–Crippen LogP) is 1.75. The standard InChI is InChI=1S/C9H11FO3S/c1-7-2-3-9(14(11,12)13)8(6-7)4-5-10/h2-3,6H,4-5H2,1H3,(H,11,12,13)/i4D2,5D2. The number of hydrogen-bond donors (Lipinski definition) is 1. The van der Waals surface area contributed by atoms with Gasteiger partial charge in [-0.05, 0) is 18.6 Å². The molecule has 0 unspecified atom stereocenters. The maximum Gasteiger partial charge on any atom is 0.294 e. The molecule has 0 bridgehead atoms. The Kier molecular flexibility index (Phi) is 1.89. The second-order valence-corrected chi connectivity index (χ2v) is 4.08. The van der Waals surface area contributed by atoms with Crippen LogP contribution in [0.25, 0.3) is 0 Å². The van der Waals surface area contributed by atoms with E-state index in [1.165, 1.54) is 13.0 Å². The maximum absolute atomic E-state index is 13.2. The van der Waals surface area contributed by atoms with Gasteiger partial charge >= 0.3 is 0 Å². The average molecular weight is 222 g/mol. The van der Waals surface area contributed by atoms with Crippen molar-refractivity contribution in [2.75, 3.05) is 6.63 Å². The second-order valence-electron chi connectivity index (χ2n) is 2.69. The third-order valence-corrected chi connectivity index (χ3v) is 2.51. The quantitative estimate of drug-likeness (QED) is 0.793. The minimum absolute atomic E-state index is 0.408. The van der Waals surface area contributed by atoms with Gasteiger partial charge in [-0.3, -0.25) is 8.94 Å². The third kappa shape index (κ3) is 2.52. The normalized spacial score (nSPS) is 17.9. The van der Waals surface area contributed by atoms with E-state index in [-0.39, 0.29) is 0 Å². The first-order valence-corrected chi connectivity index (χ1v) is 5.09. The highest BCUT2D eigenvalue weighted by atomic mass is 32.2. The summed E-state index contributed by atoms with van der Waals surface area (Å²) in [5, 5.41) is 0. The number of benzene rings is 1. The number of halogens is 1. The van der Waals surface area contributed by atoms with Crippen molar-refractivity contribution in [2.24, 2.45) is 0 Å². The van der Waals surface area contributed by atoms with Crippen molar-refractivity contribution < 1.29 is 22.8 Å². The van der Waals surface area contributed by atoms with Crippen molar-refractivity contribution in [2.45, 2.75) is 18.2 Å². The lowest BCUT2D eigenvalue weighted by Gasteiger charge is -2.05. The Morgan fingerprint density at radius 3 is 2.71 bits per heavy atom. The molecule has 78 valence electrons. The van der Waals surface area contributed by atoms with Crippen molar-refractivity contribution in [1.82, 2.24) is 0 Å². The first kappa shape index (κ1) is 6.53. The van der Waals surface area contributed by atoms with Crippen LogP contribution in [0.15, 0.2) is 23.1 Å². The molecule has 5 heteroatoms. The fourth-order valence-corrected chi connectivity index (χ4v) is 1.65. The first-order chi connectivity index (χ1) is 7.87. The Labute approximate surface area is 87.9 Å². The van der Waals surface area contributed by atoms with Gasteiger partial charge in [0.15, 0.2) is 0 Å². The molecular formula is C9H11FO3S. The molecule has 1 rings (SSSR count). The number of rotatable bonds is 3. The van der Waals surface area contributed by atoms with Crippen molar-refractivity contribution in [3.05, 3.63) is 29.3 Å². The van der Waals surface area contributed by atoms with Gasteiger partial charge < -0.3 is 0 Å². The van der Waals surface area contributed by atoms with Crippen LogP contribution in [-0.4, -0.2) is 19.6 Å².